The van der Waals surface area contributed by atoms with Gasteiger partial charge < -0.3 is 4.57 Å². The Hall–Kier alpha value is -2.72. The molecular weight excluding hydrogens is 310 g/mol. The second-order valence-corrected chi connectivity index (χ2v) is 8.48. The summed E-state index contributed by atoms with van der Waals surface area (Å²) in [6, 6.07) is 7.61. The smallest absolute Gasteiger partial charge is 0.114 e. The standard InChI is InChI=1S/C16H13N5OS/c1-21-15(6-11-9-23(11,2)20-22)19-14-8-18-13-4-3-10(7-17)5-12(13)16(14)21/h3-5,8-9H,6H2,1-2H3. The van der Waals surface area contributed by atoms with Crippen LogP contribution in [0.3, 0.4) is 0 Å². The van der Waals surface area contributed by atoms with Crippen molar-refractivity contribution in [1.29, 1.82) is 5.26 Å². The Bertz CT molecular complexity index is 1060. The topological polar surface area (TPSA) is 83.9 Å². The van der Waals surface area contributed by atoms with E-state index in [4.69, 9.17) is 5.26 Å². The number of allylic oxidation sites excluding steroid dienone is 1. The van der Waals surface area contributed by atoms with Crippen LogP contribution in [0.1, 0.15) is 11.4 Å². The molecule has 0 saturated carbocycles. The van der Waals surface area contributed by atoms with E-state index in [2.05, 4.69) is 20.6 Å². The summed E-state index contributed by atoms with van der Waals surface area (Å²) in [6.45, 7) is 0. The fourth-order valence-corrected chi connectivity index (χ4v) is 4.34. The number of nitrogens with zero attached hydrogens (tertiary/aromatic N) is 5. The van der Waals surface area contributed by atoms with Crippen LogP contribution in [0.15, 0.2) is 39.3 Å². The summed E-state index contributed by atoms with van der Waals surface area (Å²) in [7, 11) is 0.442. The van der Waals surface area contributed by atoms with Gasteiger partial charge in [-0.1, -0.05) is 10.2 Å². The summed E-state index contributed by atoms with van der Waals surface area (Å²) in [5, 5.41) is 12.0. The maximum Gasteiger partial charge on any atom is 0.114 e. The van der Waals surface area contributed by atoms with Crippen molar-refractivity contribution in [2.24, 2.45) is 11.6 Å². The van der Waals surface area contributed by atoms with Gasteiger partial charge in [-0.25, -0.2) is 4.98 Å². The monoisotopic (exact) mass is 323 g/mol. The van der Waals surface area contributed by atoms with E-state index in [0.29, 0.717) is 12.0 Å². The molecule has 0 spiro atoms. The average Bonchev–Trinajstić information content (AvgIpc) is 3.11. The van der Waals surface area contributed by atoms with Crippen LogP contribution in [0.25, 0.3) is 21.9 Å². The number of imidazole rings is 1. The molecule has 1 aromatic carbocycles. The van der Waals surface area contributed by atoms with E-state index in [1.807, 2.05) is 35.4 Å². The lowest BCUT2D eigenvalue weighted by Crippen LogP contribution is -1.98. The fourth-order valence-electron chi connectivity index (χ4n) is 2.82. The van der Waals surface area contributed by atoms with E-state index in [-0.39, 0.29) is 0 Å². The Kier molecular flexibility index (Phi) is 2.80. The number of pyridine rings is 1. The molecule has 114 valence electrons. The van der Waals surface area contributed by atoms with Crippen LogP contribution >= 0.6 is 10.2 Å². The SMILES string of the molecule is Cn1c(CC2=CS2(C)N=O)nc2cnc3ccc(C#N)cc3c21. The highest BCUT2D eigenvalue weighted by molar-refractivity contribution is 8.42. The van der Waals surface area contributed by atoms with Crippen molar-refractivity contribution in [2.75, 3.05) is 6.26 Å². The second kappa shape index (κ2) is 4.64. The molecule has 3 heterocycles. The largest absolute Gasteiger partial charge is 0.330 e. The van der Waals surface area contributed by atoms with E-state index in [1.54, 1.807) is 12.3 Å². The molecule has 4 rings (SSSR count). The first-order chi connectivity index (χ1) is 11.1. The van der Waals surface area contributed by atoms with Crippen LogP contribution in [0.5, 0.6) is 0 Å². The van der Waals surface area contributed by atoms with Gasteiger partial charge in [0.25, 0.3) is 0 Å². The first-order valence-corrected chi connectivity index (χ1v) is 9.09. The van der Waals surface area contributed by atoms with Gasteiger partial charge in [0, 0.05) is 23.8 Å². The zero-order valence-electron chi connectivity index (χ0n) is 12.6. The summed E-state index contributed by atoms with van der Waals surface area (Å²) in [4.78, 5) is 21.0. The van der Waals surface area contributed by atoms with Gasteiger partial charge in [0.05, 0.1) is 28.9 Å². The summed E-state index contributed by atoms with van der Waals surface area (Å²) >= 11 is 0. The molecular formula is C16H13N5OS. The van der Waals surface area contributed by atoms with Crippen LogP contribution in [0.4, 0.5) is 0 Å². The third-order valence-corrected chi connectivity index (χ3v) is 6.37. The molecule has 0 aliphatic carbocycles. The first-order valence-electron chi connectivity index (χ1n) is 7.03. The first kappa shape index (κ1) is 13.9. The van der Waals surface area contributed by atoms with Gasteiger partial charge >= 0.3 is 0 Å². The number of benzene rings is 1. The molecule has 0 fully saturated rings. The van der Waals surface area contributed by atoms with Gasteiger partial charge in [0.2, 0.25) is 0 Å². The number of aryl methyl sites for hydroxylation is 1. The van der Waals surface area contributed by atoms with Gasteiger partial charge in [-0.05, 0) is 34.4 Å². The number of aromatic nitrogens is 3. The summed E-state index contributed by atoms with van der Waals surface area (Å²) in [5.41, 5.74) is 3.18. The van der Waals surface area contributed by atoms with Crippen molar-refractivity contribution in [3.63, 3.8) is 0 Å². The highest BCUT2D eigenvalue weighted by atomic mass is 32.3. The van der Waals surface area contributed by atoms with E-state index >= 15 is 0 Å². The number of rotatable bonds is 3. The van der Waals surface area contributed by atoms with Crippen LogP contribution in [0.2, 0.25) is 0 Å². The highest BCUT2D eigenvalue weighted by Crippen LogP contribution is 2.69. The number of nitroso groups, excluding NO2 is 1. The third-order valence-electron chi connectivity index (χ3n) is 4.24. The van der Waals surface area contributed by atoms with Crippen molar-refractivity contribution in [2.45, 2.75) is 6.42 Å². The molecule has 6 nitrogen and oxygen atoms in total. The fraction of sp³-hybridized carbons (Fsp3) is 0.188. The average molecular weight is 323 g/mol. The number of hydrogen-bond donors (Lipinski definition) is 0. The maximum absolute atomic E-state index is 10.9. The lowest BCUT2D eigenvalue weighted by molar-refractivity contribution is 0.854. The van der Waals surface area contributed by atoms with Crippen LogP contribution in [-0.4, -0.2) is 20.8 Å². The van der Waals surface area contributed by atoms with E-state index in [0.717, 1.165) is 32.7 Å². The third kappa shape index (κ3) is 2.03. The molecule has 0 N–H and O–H groups in total. The Morgan fingerprint density at radius 3 is 2.91 bits per heavy atom. The lowest BCUT2D eigenvalue weighted by Gasteiger charge is -2.07. The van der Waals surface area contributed by atoms with Gasteiger partial charge in [-0.2, -0.15) is 5.26 Å². The summed E-state index contributed by atoms with van der Waals surface area (Å²) in [6.07, 6.45) is 4.26. The molecule has 7 heteroatoms. The van der Waals surface area contributed by atoms with Crippen LogP contribution < -0.4 is 0 Å². The van der Waals surface area contributed by atoms with Crippen molar-refractivity contribution >= 4 is 32.2 Å². The van der Waals surface area contributed by atoms with E-state index in [1.165, 1.54) is 0 Å². The Balaban J connectivity index is 1.88. The minimum absolute atomic E-state index is 0.599. The minimum atomic E-state index is -1.51. The molecule has 2 aromatic heterocycles. The number of fused-ring (bicyclic) bond motifs is 3. The van der Waals surface area contributed by atoms with Crippen LogP contribution in [-0.2, 0) is 13.5 Å². The van der Waals surface area contributed by atoms with Crippen LogP contribution in [0, 0.1) is 16.2 Å². The predicted octanol–water partition coefficient (Wildman–Crippen LogP) is 3.51. The van der Waals surface area contributed by atoms with Gasteiger partial charge in [0.1, 0.15) is 11.3 Å². The molecule has 0 radical (unpaired) electrons. The molecule has 1 unspecified atom stereocenters. The maximum atomic E-state index is 10.9. The second-order valence-electron chi connectivity index (χ2n) is 5.70. The Morgan fingerprint density at radius 2 is 2.22 bits per heavy atom. The summed E-state index contributed by atoms with van der Waals surface area (Å²) < 4.78 is 5.24. The van der Waals surface area contributed by atoms with Crippen molar-refractivity contribution < 1.29 is 0 Å². The molecule has 23 heavy (non-hydrogen) atoms. The Morgan fingerprint density at radius 1 is 1.39 bits per heavy atom. The summed E-state index contributed by atoms with van der Waals surface area (Å²) in [5.74, 6) is 0.878. The zero-order chi connectivity index (χ0) is 16.2. The molecule has 1 atom stereocenters. The van der Waals surface area contributed by atoms with Gasteiger partial charge in [-0.15, -0.1) is 4.91 Å². The number of nitriles is 1. The van der Waals surface area contributed by atoms with E-state index in [9.17, 15) is 4.91 Å². The molecule has 0 bridgehead atoms. The Labute approximate surface area is 133 Å². The lowest BCUT2D eigenvalue weighted by atomic mass is 10.1. The molecule has 0 amide bonds. The minimum Gasteiger partial charge on any atom is -0.330 e. The van der Waals surface area contributed by atoms with Crippen molar-refractivity contribution in [3.05, 3.63) is 51.0 Å². The molecule has 3 aromatic rings. The molecule has 0 saturated heterocycles. The zero-order valence-corrected chi connectivity index (χ0v) is 13.5. The van der Waals surface area contributed by atoms with Gasteiger partial charge in [0.15, 0.2) is 0 Å². The van der Waals surface area contributed by atoms with Crippen molar-refractivity contribution in [3.8, 4) is 6.07 Å². The van der Waals surface area contributed by atoms with Gasteiger partial charge in [-0.3, -0.25) is 4.98 Å². The highest BCUT2D eigenvalue weighted by Gasteiger charge is 2.36. The normalized spacial score (nSPS) is 22.4. The quantitative estimate of drug-likeness (QED) is 0.690. The predicted molar refractivity (Wildman–Crippen MR) is 91.8 cm³/mol. The number of hydrogen-bond acceptors (Lipinski definition) is 5. The molecule has 1 aliphatic heterocycles. The van der Waals surface area contributed by atoms with E-state index < -0.39 is 10.2 Å². The van der Waals surface area contributed by atoms with Crippen molar-refractivity contribution in [1.82, 2.24) is 14.5 Å². The molecule has 1 aliphatic rings.